The maximum absolute atomic E-state index is 12.4. The Bertz CT molecular complexity index is 1200. The van der Waals surface area contributed by atoms with Crippen LogP contribution < -0.4 is 21.4 Å². The molecule has 2 aromatic carbocycles. The zero-order chi connectivity index (χ0) is 27.1. The van der Waals surface area contributed by atoms with E-state index in [9.17, 15) is 19.5 Å². The Balaban J connectivity index is 0.00000420. The zero-order valence-corrected chi connectivity index (χ0v) is 21.2. The number of anilines is 1. The van der Waals surface area contributed by atoms with E-state index in [2.05, 4.69) is 32.7 Å². The summed E-state index contributed by atoms with van der Waals surface area (Å²) in [4.78, 5) is 38.8. The molecule has 10 nitrogen and oxygen atoms in total. The molecule has 2 bridgehead atoms. The molecular weight excluding hydrogens is 498 g/mol. The molecule has 39 heavy (non-hydrogen) atoms. The van der Waals surface area contributed by atoms with Crippen molar-refractivity contribution in [2.45, 2.75) is 45.4 Å². The molecule has 208 valence electrons. The summed E-state index contributed by atoms with van der Waals surface area (Å²) in [6, 6.07) is 12.8. The van der Waals surface area contributed by atoms with Gasteiger partial charge >= 0.3 is 0 Å². The number of nitrogens with one attached hydrogen (secondary N) is 4. The number of hydroxylamine groups is 1. The molecule has 0 unspecified atom stereocenters. The summed E-state index contributed by atoms with van der Waals surface area (Å²) in [7, 11) is 0. The van der Waals surface area contributed by atoms with Crippen LogP contribution in [-0.2, 0) is 9.59 Å². The van der Waals surface area contributed by atoms with Gasteiger partial charge < -0.3 is 26.0 Å². The van der Waals surface area contributed by atoms with Crippen LogP contribution in [0.1, 0.15) is 48.7 Å². The fourth-order valence-electron chi connectivity index (χ4n) is 4.81. The fourth-order valence-corrected chi connectivity index (χ4v) is 4.81. The quantitative estimate of drug-likeness (QED) is 0.170. The van der Waals surface area contributed by atoms with Gasteiger partial charge in [0.05, 0.1) is 12.6 Å². The van der Waals surface area contributed by atoms with Crippen LogP contribution in [0.3, 0.4) is 0 Å². The highest BCUT2D eigenvalue weighted by Gasteiger charge is 2.33. The summed E-state index contributed by atoms with van der Waals surface area (Å²) in [6.45, 7) is 4.99. The zero-order valence-electron chi connectivity index (χ0n) is 21.2. The Morgan fingerprint density at radius 2 is 1.59 bits per heavy atom. The molecule has 0 radical (unpaired) electrons. The lowest BCUT2D eigenvalue weighted by Gasteiger charge is -2.45. The smallest absolute Gasteiger partial charge is 0.268 e. The molecular formula is C29H37N5O5. The maximum atomic E-state index is 12.4. The molecule has 3 saturated heterocycles. The van der Waals surface area contributed by atoms with E-state index in [0.717, 1.165) is 12.1 Å². The van der Waals surface area contributed by atoms with Gasteiger partial charge in [-0.2, -0.15) is 0 Å². The average molecular weight is 536 g/mol. The van der Waals surface area contributed by atoms with E-state index in [1.165, 1.54) is 38.3 Å². The number of piperidine rings is 3. The van der Waals surface area contributed by atoms with E-state index in [4.69, 9.17) is 5.21 Å². The lowest BCUT2D eigenvalue weighted by molar-refractivity contribution is -0.133. The molecule has 3 amide bonds. The van der Waals surface area contributed by atoms with Crippen molar-refractivity contribution in [2.75, 3.05) is 31.5 Å². The lowest BCUT2D eigenvalue weighted by atomic mass is 9.84. The van der Waals surface area contributed by atoms with Crippen molar-refractivity contribution in [1.29, 1.82) is 0 Å². The van der Waals surface area contributed by atoms with Crippen molar-refractivity contribution in [3.8, 4) is 11.8 Å². The lowest BCUT2D eigenvalue weighted by Crippen LogP contribution is -2.57. The molecule has 3 heterocycles. The van der Waals surface area contributed by atoms with Crippen molar-refractivity contribution in [3.63, 3.8) is 0 Å². The Labute approximate surface area is 229 Å². The van der Waals surface area contributed by atoms with Crippen LogP contribution >= 0.6 is 0 Å². The number of fused-ring (bicyclic) bond motifs is 3. The SMILES string of the molecule is C.C[C@@H](O)[C@H](NC(=O)c1ccc(C#Cc2ccc(NC(=O)CN[C@H]3CN4CCC3CC4)cc2)cc1)C(=O)NO. The fraction of sp³-hybridized carbons (Fsp3) is 0.414. The molecule has 6 N–H and O–H groups in total. The molecule has 0 aromatic heterocycles. The Kier molecular flexibility index (Phi) is 10.6. The minimum Gasteiger partial charge on any atom is -0.391 e. The minimum atomic E-state index is -1.29. The number of rotatable bonds is 8. The highest BCUT2D eigenvalue weighted by molar-refractivity contribution is 5.97. The standard InChI is InChI=1S/C28H33N5O5.CH4/c1-18(34)26(28(37)32-38)31-27(36)22-8-4-19(5-9-22)2-3-20-6-10-23(11-7-20)30-25(35)16-29-24-17-33-14-12-21(24)13-15-33;/h4-11,18,21,24,26,29,34,38H,12-17H2,1H3,(H,30,35)(H,31,36)(H,32,37);1H4/t18-,24+,26+;/m1./s1. The number of carbonyl (C=O) groups excluding carboxylic acids is 3. The van der Waals surface area contributed by atoms with Crippen LogP contribution in [0.5, 0.6) is 0 Å². The van der Waals surface area contributed by atoms with Crippen molar-refractivity contribution in [2.24, 2.45) is 5.92 Å². The van der Waals surface area contributed by atoms with Crippen molar-refractivity contribution < 1.29 is 24.7 Å². The molecule has 2 aromatic rings. The molecule has 3 aliphatic heterocycles. The second-order valence-electron chi connectivity index (χ2n) is 9.75. The largest absolute Gasteiger partial charge is 0.391 e. The number of carbonyl (C=O) groups is 3. The maximum Gasteiger partial charge on any atom is 0.268 e. The second-order valence-corrected chi connectivity index (χ2v) is 9.75. The predicted octanol–water partition coefficient (Wildman–Crippen LogP) is 1.33. The topological polar surface area (TPSA) is 143 Å². The number of nitrogens with zero attached hydrogens (tertiary/aromatic N) is 1. The highest BCUT2D eigenvalue weighted by Crippen LogP contribution is 2.27. The van der Waals surface area contributed by atoms with Crippen LogP contribution in [0.25, 0.3) is 0 Å². The van der Waals surface area contributed by atoms with Gasteiger partial charge in [-0.3, -0.25) is 19.6 Å². The van der Waals surface area contributed by atoms with Crippen LogP contribution in [0.2, 0.25) is 0 Å². The molecule has 0 aliphatic carbocycles. The van der Waals surface area contributed by atoms with Crippen LogP contribution in [0.15, 0.2) is 48.5 Å². The molecule has 3 atom stereocenters. The van der Waals surface area contributed by atoms with E-state index in [1.807, 2.05) is 24.3 Å². The molecule has 0 saturated carbocycles. The summed E-state index contributed by atoms with van der Waals surface area (Å²) in [6.07, 6.45) is 1.22. The first kappa shape index (κ1) is 29.8. The summed E-state index contributed by atoms with van der Waals surface area (Å²) in [5, 5.41) is 27.1. The number of hydrogen-bond donors (Lipinski definition) is 6. The molecule has 10 heteroatoms. The molecule has 5 rings (SSSR count). The number of benzene rings is 2. The monoisotopic (exact) mass is 535 g/mol. The van der Waals surface area contributed by atoms with Gasteiger partial charge in [-0.1, -0.05) is 19.3 Å². The predicted molar refractivity (Wildman–Crippen MR) is 148 cm³/mol. The third kappa shape index (κ3) is 8.12. The number of aliphatic hydroxyl groups is 1. The minimum absolute atomic E-state index is 0. The summed E-state index contributed by atoms with van der Waals surface area (Å²) < 4.78 is 0. The first-order chi connectivity index (χ1) is 18.3. The van der Waals surface area contributed by atoms with Gasteiger partial charge in [0.15, 0.2) is 0 Å². The first-order valence-electron chi connectivity index (χ1n) is 12.7. The number of aliphatic hydroxyl groups excluding tert-OH is 1. The van der Waals surface area contributed by atoms with E-state index in [-0.39, 0.29) is 18.9 Å². The summed E-state index contributed by atoms with van der Waals surface area (Å²) >= 11 is 0. The van der Waals surface area contributed by atoms with Gasteiger partial charge in [-0.15, -0.1) is 0 Å². The molecule has 3 fully saturated rings. The first-order valence-corrected chi connectivity index (χ1v) is 12.7. The summed E-state index contributed by atoms with van der Waals surface area (Å²) in [5.41, 5.74) is 3.85. The van der Waals surface area contributed by atoms with Crippen LogP contribution in [-0.4, -0.2) is 77.3 Å². The van der Waals surface area contributed by atoms with E-state index >= 15 is 0 Å². The molecule has 0 spiro atoms. The van der Waals surface area contributed by atoms with Gasteiger partial charge in [0, 0.05) is 35.0 Å². The van der Waals surface area contributed by atoms with Crippen LogP contribution in [0, 0.1) is 17.8 Å². The second kappa shape index (κ2) is 13.9. The van der Waals surface area contributed by atoms with E-state index in [0.29, 0.717) is 29.8 Å². The van der Waals surface area contributed by atoms with Gasteiger partial charge in [-0.05, 0) is 87.3 Å². The van der Waals surface area contributed by atoms with Gasteiger partial charge in [0.1, 0.15) is 6.04 Å². The normalized spacial score (nSPS) is 20.8. The van der Waals surface area contributed by atoms with E-state index < -0.39 is 24.0 Å². The van der Waals surface area contributed by atoms with Crippen molar-refractivity contribution in [1.82, 2.24) is 21.0 Å². The van der Waals surface area contributed by atoms with E-state index in [1.54, 1.807) is 24.3 Å². The Morgan fingerprint density at radius 3 is 2.10 bits per heavy atom. The number of hydrogen-bond acceptors (Lipinski definition) is 7. The van der Waals surface area contributed by atoms with Crippen molar-refractivity contribution in [3.05, 3.63) is 65.2 Å². The number of amides is 3. The Hall–Kier alpha value is -3.75. The third-order valence-corrected chi connectivity index (χ3v) is 7.01. The highest BCUT2D eigenvalue weighted by atomic mass is 16.5. The Morgan fingerprint density at radius 1 is 1.00 bits per heavy atom. The average Bonchev–Trinajstić information content (AvgIpc) is 2.94. The van der Waals surface area contributed by atoms with Crippen molar-refractivity contribution >= 4 is 23.4 Å². The summed E-state index contributed by atoms with van der Waals surface area (Å²) in [5.74, 6) is 5.18. The van der Waals surface area contributed by atoms with Gasteiger partial charge in [0.25, 0.3) is 11.8 Å². The third-order valence-electron chi connectivity index (χ3n) is 7.01. The van der Waals surface area contributed by atoms with Crippen LogP contribution in [0.4, 0.5) is 5.69 Å². The molecule has 3 aliphatic rings. The van der Waals surface area contributed by atoms with Gasteiger partial charge in [0.2, 0.25) is 5.91 Å². The van der Waals surface area contributed by atoms with Gasteiger partial charge in [-0.25, -0.2) is 5.48 Å².